The van der Waals surface area contributed by atoms with E-state index in [0.29, 0.717) is 24.0 Å². The van der Waals surface area contributed by atoms with Crippen LogP contribution < -0.4 is 15.2 Å². The summed E-state index contributed by atoms with van der Waals surface area (Å²) < 4.78 is 11.6. The molecule has 1 heterocycles. The predicted molar refractivity (Wildman–Crippen MR) is 92.6 cm³/mol. The van der Waals surface area contributed by atoms with E-state index in [2.05, 4.69) is 25.8 Å². The van der Waals surface area contributed by atoms with E-state index in [9.17, 15) is 0 Å². The van der Waals surface area contributed by atoms with Crippen molar-refractivity contribution in [1.82, 2.24) is 4.90 Å². The molecule has 0 amide bonds. The standard InChI is InChI=1S/C16H24BrN3O2/c1-21-14-9-12(13(17)10-15(14)22-2)11-19-16(18)20-7-5-3-4-6-8-20/h9-10H,3-8,11H2,1-2H3,(H2,18,19). The fraction of sp³-hybridized carbons (Fsp3) is 0.562. The van der Waals surface area contributed by atoms with Gasteiger partial charge in [-0.05, 0) is 30.5 Å². The maximum Gasteiger partial charge on any atom is 0.191 e. The molecule has 2 N–H and O–H groups in total. The van der Waals surface area contributed by atoms with Crippen LogP contribution in [-0.4, -0.2) is 38.2 Å². The maximum atomic E-state index is 6.15. The highest BCUT2D eigenvalue weighted by Crippen LogP contribution is 2.33. The molecule has 22 heavy (non-hydrogen) atoms. The van der Waals surface area contributed by atoms with Crippen LogP contribution in [0.3, 0.4) is 0 Å². The quantitative estimate of drug-likeness (QED) is 0.653. The third-order valence-electron chi connectivity index (χ3n) is 3.89. The van der Waals surface area contributed by atoms with E-state index in [0.717, 1.165) is 23.1 Å². The molecule has 122 valence electrons. The van der Waals surface area contributed by atoms with Gasteiger partial charge in [-0.25, -0.2) is 4.99 Å². The third kappa shape index (κ3) is 4.29. The second-order valence-corrected chi connectivity index (χ2v) is 6.23. The van der Waals surface area contributed by atoms with Crippen molar-refractivity contribution in [3.05, 3.63) is 22.2 Å². The number of methoxy groups -OCH3 is 2. The number of benzene rings is 1. The molecule has 0 radical (unpaired) electrons. The van der Waals surface area contributed by atoms with Crippen LogP contribution in [0.15, 0.2) is 21.6 Å². The fourth-order valence-electron chi connectivity index (χ4n) is 2.58. The zero-order chi connectivity index (χ0) is 15.9. The molecule has 1 aliphatic rings. The number of halogens is 1. The number of rotatable bonds is 4. The third-order valence-corrected chi connectivity index (χ3v) is 4.63. The van der Waals surface area contributed by atoms with Crippen molar-refractivity contribution in [2.24, 2.45) is 10.7 Å². The number of hydrogen-bond donors (Lipinski definition) is 1. The molecule has 0 spiro atoms. The zero-order valence-electron chi connectivity index (χ0n) is 13.3. The molecule has 0 bridgehead atoms. The molecule has 1 fully saturated rings. The predicted octanol–water partition coefficient (Wildman–Crippen LogP) is 3.16. The van der Waals surface area contributed by atoms with E-state index in [1.54, 1.807) is 14.2 Å². The van der Waals surface area contributed by atoms with Crippen molar-refractivity contribution in [3.8, 4) is 11.5 Å². The molecule has 1 aromatic carbocycles. The van der Waals surface area contributed by atoms with Crippen molar-refractivity contribution in [3.63, 3.8) is 0 Å². The van der Waals surface area contributed by atoms with E-state index in [1.165, 1.54) is 25.7 Å². The van der Waals surface area contributed by atoms with Gasteiger partial charge in [-0.1, -0.05) is 28.8 Å². The van der Waals surface area contributed by atoms with Gasteiger partial charge in [0, 0.05) is 17.6 Å². The van der Waals surface area contributed by atoms with Crippen LogP contribution in [0, 0.1) is 0 Å². The van der Waals surface area contributed by atoms with Gasteiger partial charge in [0.2, 0.25) is 0 Å². The van der Waals surface area contributed by atoms with Crippen molar-refractivity contribution >= 4 is 21.9 Å². The zero-order valence-corrected chi connectivity index (χ0v) is 14.9. The first kappa shape index (κ1) is 16.9. The number of guanidine groups is 1. The molecule has 5 nitrogen and oxygen atoms in total. The van der Waals surface area contributed by atoms with Gasteiger partial charge in [-0.2, -0.15) is 0 Å². The molecular weight excluding hydrogens is 346 g/mol. The van der Waals surface area contributed by atoms with E-state index >= 15 is 0 Å². The molecule has 0 aliphatic carbocycles. The molecular formula is C16H24BrN3O2. The van der Waals surface area contributed by atoms with Crippen LogP contribution in [-0.2, 0) is 6.54 Å². The van der Waals surface area contributed by atoms with Gasteiger partial charge in [0.25, 0.3) is 0 Å². The summed E-state index contributed by atoms with van der Waals surface area (Å²) in [5.74, 6) is 2.02. The summed E-state index contributed by atoms with van der Waals surface area (Å²) in [7, 11) is 3.25. The van der Waals surface area contributed by atoms with Crippen LogP contribution in [0.1, 0.15) is 31.2 Å². The Morgan fingerprint density at radius 1 is 1.14 bits per heavy atom. The first-order valence-corrected chi connectivity index (χ1v) is 8.40. The van der Waals surface area contributed by atoms with Crippen molar-refractivity contribution in [1.29, 1.82) is 0 Å². The smallest absolute Gasteiger partial charge is 0.191 e. The Hall–Kier alpha value is -1.43. The lowest BCUT2D eigenvalue weighted by Crippen LogP contribution is -2.38. The Labute approximate surface area is 140 Å². The van der Waals surface area contributed by atoms with E-state index < -0.39 is 0 Å². The summed E-state index contributed by atoms with van der Waals surface area (Å²) in [6, 6.07) is 3.83. The average Bonchev–Trinajstić information content (AvgIpc) is 2.82. The Bertz CT molecular complexity index is 526. The van der Waals surface area contributed by atoms with Crippen molar-refractivity contribution < 1.29 is 9.47 Å². The van der Waals surface area contributed by atoms with Gasteiger partial charge >= 0.3 is 0 Å². The monoisotopic (exact) mass is 369 g/mol. The lowest BCUT2D eigenvalue weighted by atomic mass is 10.2. The molecule has 1 saturated heterocycles. The molecule has 0 aromatic heterocycles. The minimum atomic E-state index is 0.517. The second kappa shape index (κ2) is 8.27. The largest absolute Gasteiger partial charge is 0.493 e. The van der Waals surface area contributed by atoms with E-state index in [-0.39, 0.29) is 0 Å². The SMILES string of the molecule is COc1cc(Br)c(CN=C(N)N2CCCCCC2)cc1OC. The van der Waals surface area contributed by atoms with Crippen LogP contribution >= 0.6 is 15.9 Å². The highest BCUT2D eigenvalue weighted by Gasteiger charge is 2.12. The maximum absolute atomic E-state index is 6.15. The molecule has 0 atom stereocenters. The summed E-state index contributed by atoms with van der Waals surface area (Å²) in [6.07, 6.45) is 4.95. The number of hydrogen-bond acceptors (Lipinski definition) is 3. The first-order valence-electron chi connectivity index (χ1n) is 7.61. The number of nitrogens with zero attached hydrogens (tertiary/aromatic N) is 2. The molecule has 2 rings (SSSR count). The minimum Gasteiger partial charge on any atom is -0.493 e. The van der Waals surface area contributed by atoms with Gasteiger partial charge in [0.1, 0.15) is 0 Å². The highest BCUT2D eigenvalue weighted by molar-refractivity contribution is 9.10. The first-order chi connectivity index (χ1) is 10.7. The Morgan fingerprint density at radius 2 is 1.73 bits per heavy atom. The number of nitrogens with two attached hydrogens (primary N) is 1. The lowest BCUT2D eigenvalue weighted by Gasteiger charge is -2.21. The minimum absolute atomic E-state index is 0.517. The molecule has 0 unspecified atom stereocenters. The fourth-order valence-corrected chi connectivity index (χ4v) is 3.03. The van der Waals surface area contributed by atoms with Gasteiger partial charge < -0.3 is 20.1 Å². The summed E-state index contributed by atoms with van der Waals surface area (Å²) in [5, 5.41) is 0. The average molecular weight is 370 g/mol. The number of ether oxygens (including phenoxy) is 2. The lowest BCUT2D eigenvalue weighted by molar-refractivity contribution is 0.354. The van der Waals surface area contributed by atoms with Crippen molar-refractivity contribution in [2.45, 2.75) is 32.2 Å². The molecule has 1 aromatic rings. The molecule has 6 heteroatoms. The van der Waals surface area contributed by atoms with Crippen LogP contribution in [0.5, 0.6) is 11.5 Å². The van der Waals surface area contributed by atoms with E-state index in [1.807, 2.05) is 12.1 Å². The van der Waals surface area contributed by atoms with Gasteiger partial charge in [-0.3, -0.25) is 0 Å². The van der Waals surface area contributed by atoms with Crippen molar-refractivity contribution in [2.75, 3.05) is 27.3 Å². The van der Waals surface area contributed by atoms with Gasteiger partial charge in [0.15, 0.2) is 17.5 Å². The van der Waals surface area contributed by atoms with Gasteiger partial charge in [0.05, 0.1) is 20.8 Å². The molecule has 1 aliphatic heterocycles. The summed E-state index contributed by atoms with van der Waals surface area (Å²) in [5.41, 5.74) is 7.17. The van der Waals surface area contributed by atoms with Crippen LogP contribution in [0.2, 0.25) is 0 Å². The summed E-state index contributed by atoms with van der Waals surface area (Å²) in [6.45, 7) is 2.52. The van der Waals surface area contributed by atoms with Crippen LogP contribution in [0.4, 0.5) is 0 Å². The highest BCUT2D eigenvalue weighted by atomic mass is 79.9. The Kier molecular flexibility index (Phi) is 6.36. The Morgan fingerprint density at radius 3 is 2.32 bits per heavy atom. The Balaban J connectivity index is 2.10. The summed E-state index contributed by atoms with van der Waals surface area (Å²) in [4.78, 5) is 6.73. The summed E-state index contributed by atoms with van der Waals surface area (Å²) >= 11 is 3.55. The number of aliphatic imine (C=N–C) groups is 1. The van der Waals surface area contributed by atoms with Crippen LogP contribution in [0.25, 0.3) is 0 Å². The second-order valence-electron chi connectivity index (χ2n) is 5.37. The normalized spacial score (nSPS) is 16.3. The van der Waals surface area contributed by atoms with Gasteiger partial charge in [-0.15, -0.1) is 0 Å². The molecule has 0 saturated carbocycles. The topological polar surface area (TPSA) is 60.1 Å². The van der Waals surface area contributed by atoms with E-state index in [4.69, 9.17) is 15.2 Å². The number of likely N-dealkylation sites (tertiary alicyclic amines) is 1.